The van der Waals surface area contributed by atoms with E-state index < -0.39 is 12.2 Å². The molecule has 3 N–H and O–H groups in total. The number of hydrogen-bond donors (Lipinski definition) is 3. The summed E-state index contributed by atoms with van der Waals surface area (Å²) in [5.74, 6) is 0. The molecule has 2 aliphatic rings. The van der Waals surface area contributed by atoms with E-state index in [1.165, 1.54) is 6.42 Å². The van der Waals surface area contributed by atoms with Gasteiger partial charge in [-0.05, 0) is 19.3 Å². The van der Waals surface area contributed by atoms with E-state index in [1.807, 2.05) is 0 Å². The Bertz CT molecular complexity index is 145. The molecule has 3 heteroatoms. The van der Waals surface area contributed by atoms with Crippen molar-refractivity contribution in [2.24, 2.45) is 0 Å². The predicted molar refractivity (Wildman–Crippen MR) is 36.6 cm³/mol. The standard InChI is InChI=1S/C7H13NO2/c9-5-4-8-7(6(5)10)2-1-3-7/h5-6,8-10H,1-4H2/t5-,6-/m1/s1. The average Bonchev–Trinajstić information content (AvgIpc) is 2.10. The lowest BCUT2D eigenvalue weighted by atomic mass is 9.74. The average molecular weight is 143 g/mol. The Balaban J connectivity index is 2.10. The SMILES string of the molecule is O[C@@H]1CNC2(CCC2)[C@@H]1O. The molecule has 0 aromatic rings. The molecule has 0 radical (unpaired) electrons. The largest absolute Gasteiger partial charge is 0.389 e. The van der Waals surface area contributed by atoms with Crippen molar-refractivity contribution in [1.29, 1.82) is 0 Å². The van der Waals surface area contributed by atoms with Crippen molar-refractivity contribution >= 4 is 0 Å². The van der Waals surface area contributed by atoms with E-state index in [0.717, 1.165) is 12.8 Å². The molecule has 1 aliphatic heterocycles. The zero-order chi connectivity index (χ0) is 7.19. The number of nitrogens with one attached hydrogen (secondary N) is 1. The van der Waals surface area contributed by atoms with Crippen molar-refractivity contribution < 1.29 is 10.2 Å². The first-order valence-electron chi connectivity index (χ1n) is 3.86. The highest BCUT2D eigenvalue weighted by molar-refractivity contribution is 5.09. The van der Waals surface area contributed by atoms with Gasteiger partial charge in [0.2, 0.25) is 0 Å². The number of aliphatic hydroxyl groups is 2. The fraction of sp³-hybridized carbons (Fsp3) is 1.00. The summed E-state index contributed by atoms with van der Waals surface area (Å²) in [7, 11) is 0. The van der Waals surface area contributed by atoms with Gasteiger partial charge >= 0.3 is 0 Å². The van der Waals surface area contributed by atoms with Crippen LogP contribution in [0.25, 0.3) is 0 Å². The molecule has 10 heavy (non-hydrogen) atoms. The molecule has 58 valence electrons. The van der Waals surface area contributed by atoms with Crippen molar-refractivity contribution in [3.05, 3.63) is 0 Å². The molecule has 1 aliphatic carbocycles. The zero-order valence-corrected chi connectivity index (χ0v) is 5.88. The highest BCUT2D eigenvalue weighted by Gasteiger charge is 2.50. The van der Waals surface area contributed by atoms with Crippen LogP contribution in [0.2, 0.25) is 0 Å². The molecule has 1 spiro atoms. The maximum absolute atomic E-state index is 9.46. The minimum absolute atomic E-state index is 0.0978. The van der Waals surface area contributed by atoms with Gasteiger partial charge in [0.1, 0.15) is 0 Å². The van der Waals surface area contributed by atoms with Gasteiger partial charge in [-0.3, -0.25) is 0 Å². The summed E-state index contributed by atoms with van der Waals surface area (Å²) in [5, 5.41) is 21.8. The van der Waals surface area contributed by atoms with Gasteiger partial charge in [0.05, 0.1) is 12.2 Å². The van der Waals surface area contributed by atoms with Crippen LogP contribution in [0.15, 0.2) is 0 Å². The summed E-state index contributed by atoms with van der Waals surface area (Å²) >= 11 is 0. The van der Waals surface area contributed by atoms with Crippen LogP contribution in [0.5, 0.6) is 0 Å². The molecule has 0 aromatic heterocycles. The molecule has 0 unspecified atom stereocenters. The third-order valence-electron chi connectivity index (χ3n) is 2.84. The second-order valence-electron chi connectivity index (χ2n) is 3.40. The van der Waals surface area contributed by atoms with Gasteiger partial charge in [0, 0.05) is 12.1 Å². The summed E-state index contributed by atoms with van der Waals surface area (Å²) in [6, 6.07) is 0. The quantitative estimate of drug-likeness (QED) is 0.417. The maximum atomic E-state index is 9.46. The van der Waals surface area contributed by atoms with Crippen molar-refractivity contribution in [3.8, 4) is 0 Å². The molecule has 2 atom stereocenters. The van der Waals surface area contributed by atoms with E-state index in [4.69, 9.17) is 0 Å². The number of rotatable bonds is 0. The van der Waals surface area contributed by atoms with Crippen LogP contribution >= 0.6 is 0 Å². The molecule has 1 saturated carbocycles. The molecule has 2 rings (SSSR count). The van der Waals surface area contributed by atoms with Gasteiger partial charge < -0.3 is 15.5 Å². The van der Waals surface area contributed by atoms with Gasteiger partial charge in [-0.15, -0.1) is 0 Å². The molecular weight excluding hydrogens is 130 g/mol. The number of β-amino-alcohol motifs (C(OH)–C–C–N with tert-alkyl or cyclic N) is 1. The Morgan fingerprint density at radius 1 is 1.30 bits per heavy atom. The van der Waals surface area contributed by atoms with Gasteiger partial charge in [-0.2, -0.15) is 0 Å². The molecule has 0 bridgehead atoms. The van der Waals surface area contributed by atoms with Crippen molar-refractivity contribution in [2.45, 2.75) is 37.0 Å². The Morgan fingerprint density at radius 2 is 2.00 bits per heavy atom. The second kappa shape index (κ2) is 1.94. The second-order valence-corrected chi connectivity index (χ2v) is 3.40. The van der Waals surface area contributed by atoms with E-state index in [0.29, 0.717) is 6.54 Å². The van der Waals surface area contributed by atoms with Crippen molar-refractivity contribution in [1.82, 2.24) is 5.32 Å². The highest BCUT2D eigenvalue weighted by atomic mass is 16.3. The van der Waals surface area contributed by atoms with Crippen LogP contribution in [0.1, 0.15) is 19.3 Å². The molecule has 1 saturated heterocycles. The van der Waals surface area contributed by atoms with Crippen molar-refractivity contribution in [3.63, 3.8) is 0 Å². The molecule has 0 aromatic carbocycles. The summed E-state index contributed by atoms with van der Waals surface area (Å²) in [4.78, 5) is 0. The maximum Gasteiger partial charge on any atom is 0.0992 e. The van der Waals surface area contributed by atoms with E-state index in [1.54, 1.807) is 0 Å². The molecule has 0 amide bonds. The summed E-state index contributed by atoms with van der Waals surface area (Å²) < 4.78 is 0. The summed E-state index contributed by atoms with van der Waals surface area (Å²) in [5.41, 5.74) is -0.0978. The number of aliphatic hydroxyl groups excluding tert-OH is 2. The third kappa shape index (κ3) is 0.654. The lowest BCUT2D eigenvalue weighted by molar-refractivity contribution is -0.0169. The van der Waals surface area contributed by atoms with Gasteiger partial charge in [0.15, 0.2) is 0 Å². The smallest absolute Gasteiger partial charge is 0.0992 e. The number of hydrogen-bond acceptors (Lipinski definition) is 3. The van der Waals surface area contributed by atoms with Gasteiger partial charge in [0.25, 0.3) is 0 Å². The first kappa shape index (κ1) is 6.58. The lowest BCUT2D eigenvalue weighted by Gasteiger charge is -2.41. The monoisotopic (exact) mass is 143 g/mol. The van der Waals surface area contributed by atoms with E-state index in [2.05, 4.69) is 5.32 Å². The summed E-state index contributed by atoms with van der Waals surface area (Å²) in [6.45, 7) is 0.557. The highest BCUT2D eigenvalue weighted by Crippen LogP contribution is 2.38. The molecular formula is C7H13NO2. The van der Waals surface area contributed by atoms with Gasteiger partial charge in [-0.1, -0.05) is 0 Å². The Hall–Kier alpha value is -0.120. The first-order chi connectivity index (χ1) is 4.75. The Labute approximate surface area is 60.1 Å². The van der Waals surface area contributed by atoms with E-state index in [9.17, 15) is 10.2 Å². The van der Waals surface area contributed by atoms with E-state index >= 15 is 0 Å². The van der Waals surface area contributed by atoms with Crippen molar-refractivity contribution in [2.75, 3.05) is 6.54 Å². The van der Waals surface area contributed by atoms with Gasteiger partial charge in [-0.25, -0.2) is 0 Å². The lowest BCUT2D eigenvalue weighted by Crippen LogP contribution is -2.54. The fourth-order valence-corrected chi connectivity index (χ4v) is 1.92. The van der Waals surface area contributed by atoms with Crippen LogP contribution in [-0.2, 0) is 0 Å². The van der Waals surface area contributed by atoms with Crippen LogP contribution < -0.4 is 5.32 Å². The van der Waals surface area contributed by atoms with E-state index in [-0.39, 0.29) is 5.54 Å². The topological polar surface area (TPSA) is 52.5 Å². The fourth-order valence-electron chi connectivity index (χ4n) is 1.92. The molecule has 2 fully saturated rings. The van der Waals surface area contributed by atoms with Crippen LogP contribution in [0.4, 0.5) is 0 Å². The first-order valence-corrected chi connectivity index (χ1v) is 3.86. The van der Waals surface area contributed by atoms with Crippen LogP contribution in [-0.4, -0.2) is 34.5 Å². The minimum Gasteiger partial charge on any atom is -0.389 e. The van der Waals surface area contributed by atoms with Crippen LogP contribution in [0, 0.1) is 0 Å². The Morgan fingerprint density at radius 3 is 2.20 bits per heavy atom. The Kier molecular flexibility index (Phi) is 1.27. The summed E-state index contributed by atoms with van der Waals surface area (Å²) in [6.07, 6.45) is 2.15. The predicted octanol–water partition coefficient (Wildman–Crippen LogP) is -0.766. The molecule has 3 nitrogen and oxygen atoms in total. The third-order valence-corrected chi connectivity index (χ3v) is 2.84. The zero-order valence-electron chi connectivity index (χ0n) is 5.88. The van der Waals surface area contributed by atoms with Crippen LogP contribution in [0.3, 0.4) is 0 Å². The molecule has 1 heterocycles. The minimum atomic E-state index is -0.541. The normalized spacial score (nSPS) is 43.8.